The molecule has 1 atom stereocenters. The summed E-state index contributed by atoms with van der Waals surface area (Å²) in [7, 11) is -3.96. The molecule has 6 heteroatoms. The highest BCUT2D eigenvalue weighted by molar-refractivity contribution is 7.85. The Balaban J connectivity index is 2.05. The molecule has 1 unspecified atom stereocenters. The van der Waals surface area contributed by atoms with Crippen molar-refractivity contribution in [1.29, 1.82) is 0 Å². The van der Waals surface area contributed by atoms with Crippen molar-refractivity contribution in [2.45, 2.75) is 98.0 Å². The fraction of sp³-hybridized carbons (Fsp3) is 0.680. The Labute approximate surface area is 189 Å². The third kappa shape index (κ3) is 7.53. The molecule has 0 aromatic heterocycles. The zero-order valence-electron chi connectivity index (χ0n) is 19.9. The van der Waals surface area contributed by atoms with Crippen molar-refractivity contribution in [2.75, 3.05) is 12.4 Å². The number of hydrogen-bond acceptors (Lipinski definition) is 4. The van der Waals surface area contributed by atoms with Gasteiger partial charge in [-0.25, -0.2) is 0 Å². The number of unbranched alkanes of at least 4 members (excludes halogenated alkanes) is 5. The van der Waals surface area contributed by atoms with E-state index in [4.69, 9.17) is 14.0 Å². The summed E-state index contributed by atoms with van der Waals surface area (Å²) in [6.07, 6.45) is 14.2. The normalized spacial score (nSPS) is 18.8. The smallest absolute Gasteiger partial charge is 0.264 e. The van der Waals surface area contributed by atoms with Gasteiger partial charge in [0.15, 0.2) is 0 Å². The van der Waals surface area contributed by atoms with E-state index < -0.39 is 10.1 Å². The van der Waals surface area contributed by atoms with Crippen LogP contribution in [-0.2, 0) is 16.5 Å². The van der Waals surface area contributed by atoms with E-state index in [1.807, 2.05) is 13.8 Å². The van der Waals surface area contributed by atoms with Crippen LogP contribution in [0, 0.1) is 20.8 Å². The molecule has 1 aliphatic heterocycles. The van der Waals surface area contributed by atoms with Gasteiger partial charge in [-0.15, -0.1) is 0 Å². The first-order valence-electron chi connectivity index (χ1n) is 11.7. The largest absolute Gasteiger partial charge is 0.493 e. The van der Waals surface area contributed by atoms with Crippen molar-refractivity contribution in [3.63, 3.8) is 0 Å². The highest BCUT2D eigenvalue weighted by atomic mass is 32.2. The van der Waals surface area contributed by atoms with Crippen molar-refractivity contribution in [1.82, 2.24) is 0 Å². The van der Waals surface area contributed by atoms with E-state index in [1.54, 1.807) is 0 Å². The lowest BCUT2D eigenvalue weighted by molar-refractivity contribution is 0.112. The highest BCUT2D eigenvalue weighted by Crippen LogP contribution is 2.44. The second kappa shape index (κ2) is 11.4. The average molecular weight is 453 g/mol. The molecule has 0 radical (unpaired) electrons. The number of rotatable bonds is 12. The Morgan fingerprint density at radius 3 is 2.45 bits per heavy atom. The molecule has 1 aliphatic rings. The molecule has 0 fully saturated rings. The topological polar surface area (TPSA) is 72.8 Å². The molecule has 5 nitrogen and oxygen atoms in total. The number of allylic oxidation sites excluding steroid dienone is 1. The predicted molar refractivity (Wildman–Crippen MR) is 127 cm³/mol. The Morgan fingerprint density at radius 1 is 1.06 bits per heavy atom. The molecule has 0 bridgehead atoms. The fourth-order valence-corrected chi connectivity index (χ4v) is 4.68. The van der Waals surface area contributed by atoms with E-state index in [9.17, 15) is 8.42 Å². The van der Waals surface area contributed by atoms with Crippen LogP contribution in [0.4, 0.5) is 0 Å². The van der Waals surface area contributed by atoms with Gasteiger partial charge in [0.25, 0.3) is 10.1 Å². The van der Waals surface area contributed by atoms with E-state index in [2.05, 4.69) is 32.9 Å². The summed E-state index contributed by atoms with van der Waals surface area (Å²) in [5, 5.41) is 0. The summed E-state index contributed by atoms with van der Waals surface area (Å²) in [6.45, 7) is 10.8. The lowest BCUT2D eigenvalue weighted by atomic mass is 9.86. The van der Waals surface area contributed by atoms with E-state index in [0.717, 1.165) is 47.5 Å². The summed E-state index contributed by atoms with van der Waals surface area (Å²) >= 11 is 0. The SMILES string of the molecule is CCCCCCCC=CC1(C)CCc2c(C)c(OCCCS(=O)(=O)O)c(C)c(C)c2O1. The molecule has 0 spiro atoms. The first-order valence-corrected chi connectivity index (χ1v) is 13.3. The first kappa shape index (κ1) is 25.7. The fourth-order valence-electron chi connectivity index (χ4n) is 4.20. The van der Waals surface area contributed by atoms with Crippen LogP contribution in [-0.4, -0.2) is 30.9 Å². The number of fused-ring (bicyclic) bond motifs is 1. The van der Waals surface area contributed by atoms with E-state index >= 15 is 0 Å². The second-order valence-corrected chi connectivity index (χ2v) is 10.6. The minimum Gasteiger partial charge on any atom is -0.493 e. The predicted octanol–water partition coefficient (Wildman–Crippen LogP) is 6.27. The summed E-state index contributed by atoms with van der Waals surface area (Å²) in [4.78, 5) is 0. The Morgan fingerprint density at radius 2 is 1.77 bits per heavy atom. The van der Waals surface area contributed by atoms with E-state index in [1.165, 1.54) is 37.7 Å². The van der Waals surface area contributed by atoms with Gasteiger partial charge >= 0.3 is 0 Å². The summed E-state index contributed by atoms with van der Waals surface area (Å²) in [6, 6.07) is 0. The molecule has 2 rings (SSSR count). The summed E-state index contributed by atoms with van der Waals surface area (Å²) < 4.78 is 43.2. The summed E-state index contributed by atoms with van der Waals surface area (Å²) in [5.41, 5.74) is 4.04. The minimum absolute atomic E-state index is 0.249. The molecule has 1 aromatic rings. The number of benzene rings is 1. The van der Waals surface area contributed by atoms with Crippen molar-refractivity contribution in [3.8, 4) is 11.5 Å². The molecule has 176 valence electrons. The summed E-state index contributed by atoms with van der Waals surface area (Å²) in [5.74, 6) is 1.48. The van der Waals surface area contributed by atoms with Crippen LogP contribution in [0.2, 0.25) is 0 Å². The molecule has 0 amide bonds. The van der Waals surface area contributed by atoms with Gasteiger partial charge in [0.1, 0.15) is 17.1 Å². The molecule has 0 saturated heterocycles. The maximum atomic E-state index is 10.9. The zero-order chi connectivity index (χ0) is 23.1. The molecule has 1 aromatic carbocycles. The average Bonchev–Trinajstić information content (AvgIpc) is 2.70. The molecular formula is C25H40O5S. The first-order chi connectivity index (χ1) is 14.6. The Bertz CT molecular complexity index is 873. The highest BCUT2D eigenvalue weighted by Gasteiger charge is 2.32. The van der Waals surface area contributed by atoms with Crippen molar-refractivity contribution >= 4 is 10.1 Å². The van der Waals surface area contributed by atoms with E-state index in [0.29, 0.717) is 0 Å². The molecule has 1 N–H and O–H groups in total. The van der Waals surface area contributed by atoms with E-state index in [-0.39, 0.29) is 24.4 Å². The van der Waals surface area contributed by atoms with Gasteiger partial charge in [0.05, 0.1) is 12.4 Å². The molecule has 31 heavy (non-hydrogen) atoms. The van der Waals surface area contributed by atoms with Gasteiger partial charge in [-0.3, -0.25) is 4.55 Å². The Hall–Kier alpha value is -1.53. The second-order valence-electron chi connectivity index (χ2n) is 9.02. The van der Waals surface area contributed by atoms with Crippen LogP contribution in [0.1, 0.15) is 87.5 Å². The van der Waals surface area contributed by atoms with Crippen LogP contribution in [0.15, 0.2) is 12.2 Å². The van der Waals surface area contributed by atoms with Gasteiger partial charge in [0, 0.05) is 5.56 Å². The minimum atomic E-state index is -3.96. The van der Waals surface area contributed by atoms with Crippen LogP contribution < -0.4 is 9.47 Å². The van der Waals surface area contributed by atoms with Crippen molar-refractivity contribution in [3.05, 3.63) is 34.4 Å². The monoisotopic (exact) mass is 452 g/mol. The molecule has 0 aliphatic carbocycles. The standard InChI is InChI=1S/C25H40O5S/c1-6-7-8-9-10-11-12-15-25(5)16-14-22-21(4)23(19(2)20(3)24(22)30-25)29-17-13-18-31(26,27)28/h12,15H,6-11,13-14,16-18H2,1-5H3,(H,26,27,28). The third-order valence-electron chi connectivity index (χ3n) is 6.26. The lowest BCUT2D eigenvalue weighted by Gasteiger charge is -2.36. The zero-order valence-corrected chi connectivity index (χ0v) is 20.7. The van der Waals surface area contributed by atoms with Gasteiger partial charge in [-0.2, -0.15) is 8.42 Å². The quantitative estimate of drug-likeness (QED) is 0.230. The van der Waals surface area contributed by atoms with Gasteiger partial charge in [0.2, 0.25) is 0 Å². The maximum Gasteiger partial charge on any atom is 0.264 e. The third-order valence-corrected chi connectivity index (χ3v) is 7.06. The lowest BCUT2D eigenvalue weighted by Crippen LogP contribution is -2.35. The molecular weight excluding hydrogens is 412 g/mol. The van der Waals surface area contributed by atoms with Crippen LogP contribution in [0.5, 0.6) is 11.5 Å². The van der Waals surface area contributed by atoms with Crippen LogP contribution in [0.3, 0.4) is 0 Å². The molecule has 1 heterocycles. The van der Waals surface area contributed by atoms with Gasteiger partial charge < -0.3 is 9.47 Å². The van der Waals surface area contributed by atoms with Crippen molar-refractivity contribution < 1.29 is 22.4 Å². The van der Waals surface area contributed by atoms with Crippen LogP contribution in [0.25, 0.3) is 0 Å². The van der Waals surface area contributed by atoms with Crippen LogP contribution >= 0.6 is 0 Å². The van der Waals surface area contributed by atoms with Gasteiger partial charge in [-0.1, -0.05) is 38.7 Å². The maximum absolute atomic E-state index is 10.9. The number of hydrogen-bond donors (Lipinski definition) is 1. The number of ether oxygens (including phenoxy) is 2. The Kier molecular flexibility index (Phi) is 9.44. The van der Waals surface area contributed by atoms with Gasteiger partial charge in [-0.05, 0) is 82.6 Å². The van der Waals surface area contributed by atoms with Crippen molar-refractivity contribution in [2.24, 2.45) is 0 Å². The molecule has 0 saturated carbocycles.